The summed E-state index contributed by atoms with van der Waals surface area (Å²) in [6, 6.07) is -0.286. The van der Waals surface area contributed by atoms with Crippen LogP contribution in [0.3, 0.4) is 0 Å². The second-order valence-electron chi connectivity index (χ2n) is 5.92. The molecule has 0 aliphatic heterocycles. The van der Waals surface area contributed by atoms with Crippen LogP contribution in [0.4, 0.5) is 0 Å². The number of hydrogen-bond donors (Lipinski definition) is 1. The van der Waals surface area contributed by atoms with Gasteiger partial charge in [-0.25, -0.2) is 9.78 Å². The fraction of sp³-hybridized carbons (Fsp3) is 0.533. The van der Waals surface area contributed by atoms with Crippen molar-refractivity contribution >= 4 is 11.2 Å². The van der Waals surface area contributed by atoms with Gasteiger partial charge in [0, 0.05) is 20.5 Å². The summed E-state index contributed by atoms with van der Waals surface area (Å²) in [7, 11) is 3.02. The summed E-state index contributed by atoms with van der Waals surface area (Å²) in [5.41, 5.74) is -1.23. The zero-order valence-corrected chi connectivity index (χ0v) is 12.6. The van der Waals surface area contributed by atoms with E-state index >= 15 is 0 Å². The topological polar surface area (TPSA) is 82.1 Å². The van der Waals surface area contributed by atoms with Crippen molar-refractivity contribution < 1.29 is 5.11 Å². The molecule has 0 spiro atoms. The number of aryl methyl sites for hydroxylation is 1. The standard InChI is InChI=1S/C15H18N4O3/c1-4-7-15(22)8-5-6-10(15)19-9-16-11-12(19)17(2)14(21)18(3)13(11)20/h1,9-10,22H,5-8H2,2-3H3/t10-,15+/m1/s1. The number of rotatable bonds is 2. The maximum atomic E-state index is 12.2. The van der Waals surface area contributed by atoms with Crippen LogP contribution in [-0.2, 0) is 14.1 Å². The number of imidazole rings is 1. The number of aliphatic hydroxyl groups is 1. The van der Waals surface area contributed by atoms with Crippen LogP contribution in [0.1, 0.15) is 31.7 Å². The molecule has 2 heterocycles. The second-order valence-corrected chi connectivity index (χ2v) is 5.92. The molecular weight excluding hydrogens is 284 g/mol. The van der Waals surface area contributed by atoms with Crippen LogP contribution in [0.2, 0.25) is 0 Å². The second kappa shape index (κ2) is 4.85. The number of aromatic nitrogens is 4. The minimum atomic E-state index is -1.03. The van der Waals surface area contributed by atoms with E-state index in [4.69, 9.17) is 6.42 Å². The molecule has 0 bridgehead atoms. The first-order chi connectivity index (χ1) is 10.4. The molecular formula is C15H18N4O3. The van der Waals surface area contributed by atoms with Gasteiger partial charge in [-0.3, -0.25) is 13.9 Å². The van der Waals surface area contributed by atoms with Crippen molar-refractivity contribution in [3.63, 3.8) is 0 Å². The Bertz CT molecular complexity index is 898. The van der Waals surface area contributed by atoms with Crippen molar-refractivity contribution in [2.45, 2.75) is 37.3 Å². The molecule has 22 heavy (non-hydrogen) atoms. The molecule has 1 aliphatic rings. The van der Waals surface area contributed by atoms with Crippen molar-refractivity contribution in [2.75, 3.05) is 0 Å². The molecule has 0 amide bonds. The molecule has 2 atom stereocenters. The molecule has 0 saturated heterocycles. The zero-order valence-electron chi connectivity index (χ0n) is 12.6. The van der Waals surface area contributed by atoms with Gasteiger partial charge in [-0.15, -0.1) is 12.3 Å². The minimum absolute atomic E-state index is 0.222. The Labute approximate surface area is 126 Å². The first-order valence-corrected chi connectivity index (χ1v) is 7.19. The SMILES string of the molecule is C#CC[C@]1(O)CCC[C@H]1n1cnc2c(=O)n(C)c(=O)n(C)c21. The van der Waals surface area contributed by atoms with Crippen LogP contribution in [0, 0.1) is 12.3 Å². The molecule has 2 aromatic rings. The Kier molecular flexibility index (Phi) is 3.22. The highest BCUT2D eigenvalue weighted by Crippen LogP contribution is 2.42. The molecule has 1 saturated carbocycles. The van der Waals surface area contributed by atoms with Crippen molar-refractivity contribution in [2.24, 2.45) is 14.1 Å². The molecule has 7 heteroatoms. The fourth-order valence-corrected chi connectivity index (χ4v) is 3.44. The minimum Gasteiger partial charge on any atom is -0.387 e. The predicted molar refractivity (Wildman–Crippen MR) is 81.5 cm³/mol. The fourth-order valence-electron chi connectivity index (χ4n) is 3.44. The van der Waals surface area contributed by atoms with Gasteiger partial charge in [-0.05, 0) is 19.3 Å². The van der Waals surface area contributed by atoms with Crippen LogP contribution in [0.15, 0.2) is 15.9 Å². The van der Waals surface area contributed by atoms with Crippen molar-refractivity contribution in [3.8, 4) is 12.3 Å². The van der Waals surface area contributed by atoms with E-state index in [1.54, 1.807) is 11.6 Å². The Morgan fingerprint density at radius 1 is 1.45 bits per heavy atom. The number of terminal acetylenes is 1. The summed E-state index contributed by atoms with van der Waals surface area (Å²) in [5.74, 6) is 2.52. The van der Waals surface area contributed by atoms with Crippen molar-refractivity contribution in [3.05, 3.63) is 27.2 Å². The third-order valence-corrected chi connectivity index (χ3v) is 4.62. The van der Waals surface area contributed by atoms with Gasteiger partial charge in [0.1, 0.15) is 5.65 Å². The van der Waals surface area contributed by atoms with E-state index in [1.807, 2.05) is 0 Å². The molecule has 1 fully saturated rings. The lowest BCUT2D eigenvalue weighted by atomic mass is 9.94. The summed E-state index contributed by atoms with van der Waals surface area (Å²) in [5, 5.41) is 10.8. The number of hydrogen-bond acceptors (Lipinski definition) is 4. The summed E-state index contributed by atoms with van der Waals surface area (Å²) in [4.78, 5) is 28.5. The highest BCUT2D eigenvalue weighted by atomic mass is 16.3. The number of nitrogens with zero attached hydrogens (tertiary/aromatic N) is 4. The predicted octanol–water partition coefficient (Wildman–Crippen LogP) is -0.0869. The van der Waals surface area contributed by atoms with Gasteiger partial charge < -0.3 is 9.67 Å². The van der Waals surface area contributed by atoms with E-state index in [0.717, 1.165) is 17.4 Å². The van der Waals surface area contributed by atoms with Gasteiger partial charge in [0.05, 0.1) is 18.0 Å². The van der Waals surface area contributed by atoms with Crippen molar-refractivity contribution in [1.82, 2.24) is 18.7 Å². The van der Waals surface area contributed by atoms with Crippen LogP contribution in [0.25, 0.3) is 11.2 Å². The van der Waals surface area contributed by atoms with Gasteiger partial charge in [0.25, 0.3) is 5.56 Å². The van der Waals surface area contributed by atoms with Gasteiger partial charge in [-0.2, -0.15) is 0 Å². The van der Waals surface area contributed by atoms with E-state index in [-0.39, 0.29) is 18.0 Å². The Hall–Kier alpha value is -2.33. The van der Waals surface area contributed by atoms with E-state index in [9.17, 15) is 14.7 Å². The summed E-state index contributed by atoms with van der Waals surface area (Å²) in [6.07, 6.45) is 9.29. The van der Waals surface area contributed by atoms with Gasteiger partial charge in [0.2, 0.25) is 0 Å². The smallest absolute Gasteiger partial charge is 0.332 e. The largest absolute Gasteiger partial charge is 0.387 e. The Balaban J connectivity index is 2.28. The molecule has 0 unspecified atom stereocenters. The molecule has 116 valence electrons. The molecule has 3 rings (SSSR count). The third-order valence-electron chi connectivity index (χ3n) is 4.62. The van der Waals surface area contributed by atoms with Crippen LogP contribution >= 0.6 is 0 Å². The number of fused-ring (bicyclic) bond motifs is 1. The summed E-state index contributed by atoms with van der Waals surface area (Å²) < 4.78 is 4.14. The molecule has 1 N–H and O–H groups in total. The Morgan fingerprint density at radius 3 is 2.86 bits per heavy atom. The van der Waals surface area contributed by atoms with E-state index in [1.165, 1.54) is 17.9 Å². The highest BCUT2D eigenvalue weighted by molar-refractivity contribution is 5.70. The van der Waals surface area contributed by atoms with Crippen LogP contribution < -0.4 is 11.2 Å². The lowest BCUT2D eigenvalue weighted by Gasteiger charge is -2.29. The highest BCUT2D eigenvalue weighted by Gasteiger charge is 2.42. The Morgan fingerprint density at radius 2 is 2.18 bits per heavy atom. The first-order valence-electron chi connectivity index (χ1n) is 7.19. The molecule has 7 nitrogen and oxygen atoms in total. The molecule has 0 radical (unpaired) electrons. The first kappa shape index (κ1) is 14.6. The summed E-state index contributed by atoms with van der Waals surface area (Å²) in [6.45, 7) is 0. The molecule has 0 aromatic carbocycles. The maximum absolute atomic E-state index is 12.2. The average Bonchev–Trinajstić information content (AvgIpc) is 3.06. The maximum Gasteiger partial charge on any atom is 0.332 e. The molecule has 1 aliphatic carbocycles. The van der Waals surface area contributed by atoms with E-state index < -0.39 is 16.9 Å². The third kappa shape index (κ3) is 1.84. The zero-order chi connectivity index (χ0) is 16.1. The average molecular weight is 302 g/mol. The summed E-state index contributed by atoms with van der Waals surface area (Å²) >= 11 is 0. The van der Waals surface area contributed by atoms with Crippen molar-refractivity contribution in [1.29, 1.82) is 0 Å². The normalized spacial score (nSPS) is 24.7. The van der Waals surface area contributed by atoms with E-state index in [0.29, 0.717) is 12.1 Å². The van der Waals surface area contributed by atoms with Crippen LogP contribution in [-0.4, -0.2) is 29.4 Å². The lowest BCUT2D eigenvalue weighted by molar-refractivity contribution is 0.0137. The lowest BCUT2D eigenvalue weighted by Crippen LogP contribution is -2.39. The molecule has 2 aromatic heterocycles. The van der Waals surface area contributed by atoms with Gasteiger partial charge >= 0.3 is 5.69 Å². The van der Waals surface area contributed by atoms with E-state index in [2.05, 4.69) is 10.9 Å². The monoisotopic (exact) mass is 302 g/mol. The van der Waals surface area contributed by atoms with Crippen LogP contribution in [0.5, 0.6) is 0 Å². The van der Waals surface area contributed by atoms with Gasteiger partial charge in [-0.1, -0.05) is 0 Å². The van der Waals surface area contributed by atoms with Gasteiger partial charge in [0.15, 0.2) is 5.52 Å². The quantitative estimate of drug-likeness (QED) is 0.786.